The summed E-state index contributed by atoms with van der Waals surface area (Å²) in [6.07, 6.45) is 5.43. The van der Waals surface area contributed by atoms with Gasteiger partial charge >= 0.3 is 0 Å². The summed E-state index contributed by atoms with van der Waals surface area (Å²) < 4.78 is 7.27. The molecular formula is C19H20N6O2. The van der Waals surface area contributed by atoms with Gasteiger partial charge in [0.15, 0.2) is 5.60 Å². The molecule has 0 aromatic carbocycles. The van der Waals surface area contributed by atoms with Crippen molar-refractivity contribution < 1.29 is 9.84 Å². The van der Waals surface area contributed by atoms with E-state index in [9.17, 15) is 5.11 Å². The molecule has 1 fully saturated rings. The maximum absolute atomic E-state index is 10.1. The van der Waals surface area contributed by atoms with Gasteiger partial charge in [-0.05, 0) is 18.1 Å². The van der Waals surface area contributed by atoms with Crippen LogP contribution in [0.2, 0.25) is 0 Å². The average molecular weight is 364 g/mol. The smallest absolute Gasteiger partial charge is 0.220 e. The SMILES string of the molecule is COCCn1cc(-c2ccnc(N)n2)c2cc(C#CC3(O)CNC3)ncc21. The van der Waals surface area contributed by atoms with Crippen LogP contribution >= 0.6 is 0 Å². The second-order valence-electron chi connectivity index (χ2n) is 6.50. The van der Waals surface area contributed by atoms with Gasteiger partial charge in [-0.25, -0.2) is 15.0 Å². The van der Waals surface area contributed by atoms with Gasteiger partial charge in [-0.15, -0.1) is 0 Å². The Labute approximate surface area is 156 Å². The van der Waals surface area contributed by atoms with Crippen molar-refractivity contribution in [1.82, 2.24) is 24.8 Å². The molecule has 0 aliphatic carbocycles. The van der Waals surface area contributed by atoms with E-state index >= 15 is 0 Å². The highest BCUT2D eigenvalue weighted by molar-refractivity contribution is 5.95. The number of methoxy groups -OCH3 is 1. The molecule has 4 heterocycles. The molecule has 0 atom stereocenters. The fraction of sp³-hybridized carbons (Fsp3) is 0.316. The Balaban J connectivity index is 1.81. The Kier molecular flexibility index (Phi) is 4.49. The highest BCUT2D eigenvalue weighted by atomic mass is 16.5. The van der Waals surface area contributed by atoms with Gasteiger partial charge in [-0.1, -0.05) is 5.92 Å². The first-order valence-corrected chi connectivity index (χ1v) is 8.61. The number of β-amino-alcohol motifs (C(OH)–C–C–N with tert-alkyl or cyclic N) is 1. The van der Waals surface area contributed by atoms with Gasteiger partial charge in [-0.2, -0.15) is 0 Å². The first-order chi connectivity index (χ1) is 13.1. The number of aromatic nitrogens is 4. The largest absolute Gasteiger partial charge is 0.383 e. The van der Waals surface area contributed by atoms with Crippen LogP contribution in [0, 0.1) is 11.8 Å². The number of hydrogen-bond acceptors (Lipinski definition) is 7. The van der Waals surface area contributed by atoms with Crippen LogP contribution in [0.15, 0.2) is 30.7 Å². The van der Waals surface area contributed by atoms with E-state index in [0.29, 0.717) is 31.9 Å². The predicted molar refractivity (Wildman–Crippen MR) is 102 cm³/mol. The first kappa shape index (κ1) is 17.4. The number of nitrogens with one attached hydrogen (secondary N) is 1. The number of nitrogens with zero attached hydrogens (tertiary/aromatic N) is 4. The minimum absolute atomic E-state index is 0.221. The van der Waals surface area contributed by atoms with Crippen molar-refractivity contribution in [2.45, 2.75) is 12.1 Å². The van der Waals surface area contributed by atoms with Crippen molar-refractivity contribution in [3.05, 3.63) is 36.4 Å². The molecule has 0 saturated carbocycles. The normalized spacial score (nSPS) is 15.2. The van der Waals surface area contributed by atoms with Gasteiger partial charge < -0.3 is 25.5 Å². The Bertz CT molecular complexity index is 1050. The van der Waals surface area contributed by atoms with Crippen LogP contribution < -0.4 is 11.1 Å². The summed E-state index contributed by atoms with van der Waals surface area (Å²) in [6.45, 7) is 2.21. The molecule has 4 rings (SSSR count). The fourth-order valence-electron chi connectivity index (χ4n) is 2.99. The average Bonchev–Trinajstić information content (AvgIpc) is 3.01. The van der Waals surface area contributed by atoms with E-state index in [-0.39, 0.29) is 5.95 Å². The van der Waals surface area contributed by atoms with Crippen LogP contribution in [0.25, 0.3) is 22.2 Å². The molecule has 8 nitrogen and oxygen atoms in total. The summed E-state index contributed by atoms with van der Waals surface area (Å²) in [7, 11) is 1.67. The quantitative estimate of drug-likeness (QED) is 0.575. The van der Waals surface area contributed by atoms with Crippen molar-refractivity contribution in [3.63, 3.8) is 0 Å². The minimum Gasteiger partial charge on any atom is -0.383 e. The molecule has 0 unspecified atom stereocenters. The molecule has 1 aliphatic heterocycles. The summed E-state index contributed by atoms with van der Waals surface area (Å²) in [4.78, 5) is 12.7. The third kappa shape index (κ3) is 3.48. The molecule has 0 bridgehead atoms. The number of rotatable bonds is 4. The summed E-state index contributed by atoms with van der Waals surface area (Å²) in [5.74, 6) is 6.09. The number of aliphatic hydroxyl groups is 1. The van der Waals surface area contributed by atoms with Crippen LogP contribution in [0.4, 0.5) is 5.95 Å². The zero-order chi connectivity index (χ0) is 18.9. The molecule has 4 N–H and O–H groups in total. The topological polar surface area (TPSA) is 111 Å². The van der Waals surface area contributed by atoms with E-state index in [2.05, 4.69) is 36.7 Å². The lowest BCUT2D eigenvalue weighted by Gasteiger charge is -2.32. The molecule has 1 aliphatic rings. The third-order valence-corrected chi connectivity index (χ3v) is 4.51. The number of pyridine rings is 1. The van der Waals surface area contributed by atoms with E-state index in [1.54, 1.807) is 19.5 Å². The summed E-state index contributed by atoms with van der Waals surface area (Å²) in [6, 6.07) is 3.73. The number of anilines is 1. The lowest BCUT2D eigenvalue weighted by atomic mass is 9.98. The van der Waals surface area contributed by atoms with Crippen molar-refractivity contribution in [1.29, 1.82) is 0 Å². The molecule has 1 saturated heterocycles. The molecule has 8 heteroatoms. The summed E-state index contributed by atoms with van der Waals surface area (Å²) in [5.41, 5.74) is 7.99. The van der Waals surface area contributed by atoms with E-state index in [1.165, 1.54) is 0 Å². The van der Waals surface area contributed by atoms with Crippen LogP contribution in [0.5, 0.6) is 0 Å². The lowest BCUT2D eigenvalue weighted by Crippen LogP contribution is -2.58. The standard InChI is InChI=1S/C19H20N6O2/c1-27-7-6-25-10-15(16-3-5-22-18(20)24-16)14-8-13(23-9-17(14)25)2-4-19(26)11-21-12-19/h3,5,8-10,21,26H,6-7,11-12H2,1H3,(H2,20,22,24). The number of fused-ring (bicyclic) bond motifs is 1. The third-order valence-electron chi connectivity index (χ3n) is 4.51. The van der Waals surface area contributed by atoms with Crippen molar-refractivity contribution in [2.24, 2.45) is 0 Å². The number of nitrogen functional groups attached to an aromatic ring is 1. The van der Waals surface area contributed by atoms with Gasteiger partial charge in [-0.3, -0.25) is 0 Å². The van der Waals surface area contributed by atoms with Crippen molar-refractivity contribution >= 4 is 16.9 Å². The van der Waals surface area contributed by atoms with Crippen LogP contribution in [-0.4, -0.2) is 57.0 Å². The summed E-state index contributed by atoms with van der Waals surface area (Å²) in [5, 5.41) is 14.1. The number of hydrogen-bond donors (Lipinski definition) is 3. The summed E-state index contributed by atoms with van der Waals surface area (Å²) >= 11 is 0. The zero-order valence-corrected chi connectivity index (χ0v) is 14.9. The molecule has 3 aromatic heterocycles. The maximum atomic E-state index is 10.1. The van der Waals surface area contributed by atoms with Gasteiger partial charge in [0.05, 0.1) is 24.0 Å². The minimum atomic E-state index is -0.967. The van der Waals surface area contributed by atoms with Crippen LogP contribution in [0.1, 0.15) is 5.69 Å². The van der Waals surface area contributed by atoms with Crippen LogP contribution in [-0.2, 0) is 11.3 Å². The molecular weight excluding hydrogens is 344 g/mol. The molecule has 0 amide bonds. The first-order valence-electron chi connectivity index (χ1n) is 8.61. The van der Waals surface area contributed by atoms with Gasteiger partial charge in [0.25, 0.3) is 0 Å². The molecule has 0 radical (unpaired) electrons. The maximum Gasteiger partial charge on any atom is 0.220 e. The second-order valence-corrected chi connectivity index (χ2v) is 6.50. The Morgan fingerprint density at radius 2 is 2.26 bits per heavy atom. The van der Waals surface area contributed by atoms with Gasteiger partial charge in [0.2, 0.25) is 5.95 Å². The highest BCUT2D eigenvalue weighted by Gasteiger charge is 2.31. The van der Waals surface area contributed by atoms with Crippen molar-refractivity contribution in [2.75, 3.05) is 32.5 Å². The van der Waals surface area contributed by atoms with Crippen molar-refractivity contribution in [3.8, 4) is 23.1 Å². The molecule has 27 heavy (non-hydrogen) atoms. The Morgan fingerprint density at radius 1 is 1.41 bits per heavy atom. The van der Waals surface area contributed by atoms with Gasteiger partial charge in [0, 0.05) is 50.1 Å². The van der Waals surface area contributed by atoms with E-state index in [4.69, 9.17) is 10.5 Å². The lowest BCUT2D eigenvalue weighted by molar-refractivity contribution is 0.0472. The monoisotopic (exact) mass is 364 g/mol. The predicted octanol–water partition coefficient (Wildman–Crippen LogP) is 0.408. The zero-order valence-electron chi connectivity index (χ0n) is 14.9. The van der Waals surface area contributed by atoms with E-state index in [0.717, 1.165) is 22.2 Å². The molecule has 138 valence electrons. The number of nitrogens with two attached hydrogens (primary N) is 1. The van der Waals surface area contributed by atoms with Gasteiger partial charge in [0.1, 0.15) is 5.69 Å². The second kappa shape index (κ2) is 6.96. The highest BCUT2D eigenvalue weighted by Crippen LogP contribution is 2.30. The Morgan fingerprint density at radius 3 is 2.96 bits per heavy atom. The molecule has 3 aromatic rings. The fourth-order valence-corrected chi connectivity index (χ4v) is 2.99. The number of ether oxygens (including phenoxy) is 1. The Hall–Kier alpha value is -2.99. The van der Waals surface area contributed by atoms with Crippen LogP contribution in [0.3, 0.4) is 0 Å². The molecule has 0 spiro atoms. The van der Waals surface area contributed by atoms with E-state index in [1.807, 2.05) is 18.3 Å². The van der Waals surface area contributed by atoms with E-state index < -0.39 is 5.60 Å².